The summed E-state index contributed by atoms with van der Waals surface area (Å²) in [4.78, 5) is 0. The summed E-state index contributed by atoms with van der Waals surface area (Å²) in [6, 6.07) is 16.3. The third-order valence-corrected chi connectivity index (χ3v) is 5.04. The van der Waals surface area contributed by atoms with Crippen LogP contribution in [0.2, 0.25) is 0 Å². The van der Waals surface area contributed by atoms with Crippen molar-refractivity contribution in [1.29, 1.82) is 0 Å². The molecule has 0 fully saturated rings. The molecule has 0 aliphatic carbocycles. The highest BCUT2D eigenvalue weighted by Gasteiger charge is 2.11. The molecule has 0 N–H and O–H groups in total. The molecule has 0 saturated heterocycles. The first-order valence-electron chi connectivity index (χ1n) is 7.16. The first-order valence-corrected chi connectivity index (χ1v) is 8.42. The Morgan fingerprint density at radius 1 is 0.750 bits per heavy atom. The zero-order valence-corrected chi connectivity index (χ0v) is 13.5. The second-order valence-corrected chi connectivity index (χ2v) is 7.42. The zero-order valence-electron chi connectivity index (χ0n) is 12.6. The minimum Gasteiger partial charge on any atom is -0.277 e. The van der Waals surface area contributed by atoms with Crippen molar-refractivity contribution in [2.45, 2.75) is 39.5 Å². The van der Waals surface area contributed by atoms with Crippen molar-refractivity contribution < 1.29 is 4.57 Å². The predicted octanol–water partition coefficient (Wildman–Crippen LogP) is 4.71. The van der Waals surface area contributed by atoms with Crippen LogP contribution >= 0.6 is 7.80 Å². The molecule has 0 aliphatic heterocycles. The molecule has 20 heavy (non-hydrogen) atoms. The first kappa shape index (κ1) is 14.9. The molecule has 2 aromatic rings. The Bertz CT molecular complexity index is 561. The molecule has 0 saturated carbocycles. The van der Waals surface area contributed by atoms with Crippen molar-refractivity contribution in [2.24, 2.45) is 0 Å². The van der Waals surface area contributed by atoms with E-state index in [1.807, 2.05) is 24.3 Å². The van der Waals surface area contributed by atoms with Crippen LogP contribution in [0.15, 0.2) is 48.5 Å². The van der Waals surface area contributed by atoms with E-state index in [4.69, 9.17) is 0 Å². The third kappa shape index (κ3) is 3.35. The Balaban J connectivity index is 2.36. The van der Waals surface area contributed by atoms with Gasteiger partial charge in [-0.1, -0.05) is 52.0 Å². The highest BCUT2D eigenvalue weighted by atomic mass is 31.1. The Kier molecular flexibility index (Phi) is 4.73. The molecule has 0 aliphatic rings. The summed E-state index contributed by atoms with van der Waals surface area (Å²) < 4.78 is 12.7. The molecule has 0 atom stereocenters. The van der Waals surface area contributed by atoms with E-state index < -0.39 is 7.80 Å². The fourth-order valence-electron chi connectivity index (χ4n) is 2.17. The van der Waals surface area contributed by atoms with E-state index in [-0.39, 0.29) is 0 Å². The van der Waals surface area contributed by atoms with Gasteiger partial charge in [0.15, 0.2) is 0 Å². The molecule has 2 rings (SSSR count). The minimum atomic E-state index is -1.50. The Morgan fingerprint density at radius 2 is 1.15 bits per heavy atom. The molecule has 0 unspecified atom stereocenters. The van der Waals surface area contributed by atoms with Crippen LogP contribution in [0, 0.1) is 0 Å². The first-order chi connectivity index (χ1) is 9.49. The number of hydrogen-bond acceptors (Lipinski definition) is 1. The SMILES string of the molecule is CC(C)c1cccc([P](=O)c2cccc(C(C)C)c2)c1. The maximum atomic E-state index is 12.7. The quantitative estimate of drug-likeness (QED) is 0.743. The summed E-state index contributed by atoms with van der Waals surface area (Å²) in [5.41, 5.74) is 2.48. The predicted molar refractivity (Wildman–Crippen MR) is 87.9 cm³/mol. The monoisotopic (exact) mass is 285 g/mol. The number of benzene rings is 2. The van der Waals surface area contributed by atoms with Gasteiger partial charge < -0.3 is 0 Å². The zero-order chi connectivity index (χ0) is 14.7. The van der Waals surface area contributed by atoms with Gasteiger partial charge in [-0.05, 0) is 47.2 Å². The third-order valence-electron chi connectivity index (χ3n) is 3.54. The van der Waals surface area contributed by atoms with Crippen LogP contribution in [-0.4, -0.2) is 0 Å². The molecule has 0 heterocycles. The minimum absolute atomic E-state index is 0.459. The Morgan fingerprint density at radius 3 is 1.50 bits per heavy atom. The molecule has 2 aromatic carbocycles. The molecule has 1 radical (unpaired) electrons. The van der Waals surface area contributed by atoms with Crippen molar-refractivity contribution >= 4 is 18.4 Å². The van der Waals surface area contributed by atoms with Crippen molar-refractivity contribution in [3.8, 4) is 0 Å². The lowest BCUT2D eigenvalue weighted by Crippen LogP contribution is -2.08. The molecule has 0 aromatic heterocycles. The maximum Gasteiger partial charge on any atom is 0.136 e. The van der Waals surface area contributed by atoms with E-state index in [0.29, 0.717) is 11.8 Å². The molecule has 0 bridgehead atoms. The normalized spacial score (nSPS) is 11.1. The number of rotatable bonds is 4. The van der Waals surface area contributed by atoms with Gasteiger partial charge in [0.25, 0.3) is 0 Å². The topological polar surface area (TPSA) is 17.1 Å². The van der Waals surface area contributed by atoms with E-state index in [9.17, 15) is 4.57 Å². The van der Waals surface area contributed by atoms with E-state index >= 15 is 0 Å². The van der Waals surface area contributed by atoms with Gasteiger partial charge in [0.05, 0.1) is 0 Å². The van der Waals surface area contributed by atoms with Crippen LogP contribution in [0.1, 0.15) is 50.7 Å². The van der Waals surface area contributed by atoms with Crippen LogP contribution in [0.5, 0.6) is 0 Å². The Labute approximate surface area is 122 Å². The highest BCUT2D eigenvalue weighted by Crippen LogP contribution is 2.24. The van der Waals surface area contributed by atoms with Gasteiger partial charge in [-0.15, -0.1) is 0 Å². The summed E-state index contributed by atoms with van der Waals surface area (Å²) in [6.07, 6.45) is 0. The summed E-state index contributed by atoms with van der Waals surface area (Å²) >= 11 is 0. The lowest BCUT2D eigenvalue weighted by atomic mass is 10.0. The van der Waals surface area contributed by atoms with E-state index in [2.05, 4.69) is 52.0 Å². The van der Waals surface area contributed by atoms with Crippen molar-refractivity contribution in [3.63, 3.8) is 0 Å². The summed E-state index contributed by atoms with van der Waals surface area (Å²) in [5.74, 6) is 0.917. The molecule has 105 valence electrons. The lowest BCUT2D eigenvalue weighted by Gasteiger charge is -2.10. The average Bonchev–Trinajstić information content (AvgIpc) is 2.46. The standard InChI is InChI=1S/C18H22OP/c1-13(2)15-7-5-9-17(11-15)20(19)18-10-6-8-16(12-18)14(3)4/h5-14H,1-4H3. The van der Waals surface area contributed by atoms with Gasteiger partial charge >= 0.3 is 0 Å². The van der Waals surface area contributed by atoms with E-state index in [1.54, 1.807) is 0 Å². The molecule has 1 nitrogen and oxygen atoms in total. The largest absolute Gasteiger partial charge is 0.277 e. The fraction of sp³-hybridized carbons (Fsp3) is 0.333. The van der Waals surface area contributed by atoms with Crippen LogP contribution in [-0.2, 0) is 4.57 Å². The molecule has 2 heteroatoms. The van der Waals surface area contributed by atoms with Crippen LogP contribution < -0.4 is 10.6 Å². The van der Waals surface area contributed by atoms with Crippen molar-refractivity contribution in [3.05, 3.63) is 59.7 Å². The summed E-state index contributed by atoms with van der Waals surface area (Å²) in [5, 5.41) is 1.85. The van der Waals surface area contributed by atoms with Crippen molar-refractivity contribution in [1.82, 2.24) is 0 Å². The van der Waals surface area contributed by atoms with Crippen LogP contribution in [0.3, 0.4) is 0 Å². The van der Waals surface area contributed by atoms with Crippen molar-refractivity contribution in [2.75, 3.05) is 0 Å². The number of hydrogen-bond donors (Lipinski definition) is 0. The van der Waals surface area contributed by atoms with Gasteiger partial charge in [-0.3, -0.25) is 4.57 Å². The van der Waals surface area contributed by atoms with Gasteiger partial charge in [-0.2, -0.15) is 0 Å². The molecule has 0 amide bonds. The van der Waals surface area contributed by atoms with E-state index in [0.717, 1.165) is 10.6 Å². The molecule has 0 spiro atoms. The van der Waals surface area contributed by atoms with Gasteiger partial charge in [0, 0.05) is 10.6 Å². The van der Waals surface area contributed by atoms with Gasteiger partial charge in [0.1, 0.15) is 7.80 Å². The summed E-state index contributed by atoms with van der Waals surface area (Å²) in [7, 11) is -1.50. The van der Waals surface area contributed by atoms with Crippen LogP contribution in [0.4, 0.5) is 0 Å². The lowest BCUT2D eigenvalue weighted by molar-refractivity contribution is 0.598. The maximum absolute atomic E-state index is 12.7. The smallest absolute Gasteiger partial charge is 0.136 e. The summed E-state index contributed by atoms with van der Waals surface area (Å²) in [6.45, 7) is 8.63. The van der Waals surface area contributed by atoms with Crippen LogP contribution in [0.25, 0.3) is 0 Å². The Hall–Kier alpha value is -1.46. The van der Waals surface area contributed by atoms with Gasteiger partial charge in [0.2, 0.25) is 0 Å². The second-order valence-electron chi connectivity index (χ2n) is 5.79. The van der Waals surface area contributed by atoms with Gasteiger partial charge in [-0.25, -0.2) is 0 Å². The second kappa shape index (κ2) is 6.33. The highest BCUT2D eigenvalue weighted by molar-refractivity contribution is 7.61. The molecular formula is C18H22OP. The fourth-order valence-corrected chi connectivity index (χ4v) is 3.44. The molecular weight excluding hydrogens is 263 g/mol. The van der Waals surface area contributed by atoms with E-state index in [1.165, 1.54) is 11.1 Å². The average molecular weight is 285 g/mol.